The first-order valence-corrected chi connectivity index (χ1v) is 5.35. The van der Waals surface area contributed by atoms with Crippen LogP contribution in [0.1, 0.15) is 27.9 Å². The SMILES string of the molecule is Cc1noc(CNC(=O)c2c(N)c(C)nn2C)n1. The first-order valence-electron chi connectivity index (χ1n) is 5.35. The molecule has 0 fully saturated rings. The average Bonchev–Trinajstić information content (AvgIpc) is 2.82. The number of amides is 1. The summed E-state index contributed by atoms with van der Waals surface area (Å²) < 4.78 is 6.33. The third-order valence-electron chi connectivity index (χ3n) is 2.45. The molecule has 0 saturated carbocycles. The quantitative estimate of drug-likeness (QED) is 0.788. The molecule has 0 saturated heterocycles. The second-order valence-electron chi connectivity index (χ2n) is 3.89. The van der Waals surface area contributed by atoms with Crippen molar-refractivity contribution in [2.24, 2.45) is 7.05 Å². The van der Waals surface area contributed by atoms with E-state index in [0.29, 0.717) is 28.8 Å². The maximum atomic E-state index is 11.9. The van der Waals surface area contributed by atoms with E-state index >= 15 is 0 Å². The molecule has 0 aromatic carbocycles. The Morgan fingerprint density at radius 3 is 2.72 bits per heavy atom. The third-order valence-corrected chi connectivity index (χ3v) is 2.45. The average molecular weight is 250 g/mol. The number of nitrogens with one attached hydrogen (secondary N) is 1. The molecule has 8 nitrogen and oxygen atoms in total. The maximum Gasteiger partial charge on any atom is 0.272 e. The van der Waals surface area contributed by atoms with E-state index in [1.807, 2.05) is 0 Å². The molecule has 2 aromatic heterocycles. The summed E-state index contributed by atoms with van der Waals surface area (Å²) in [5.74, 6) is 0.542. The maximum absolute atomic E-state index is 11.9. The van der Waals surface area contributed by atoms with Gasteiger partial charge in [0.25, 0.3) is 5.91 Å². The number of carbonyl (C=O) groups is 1. The standard InChI is InChI=1S/C10H14N6O2/c1-5-8(11)9(16(3)14-5)10(17)12-4-7-13-6(2)15-18-7/h4,11H2,1-3H3,(H,12,17). The molecule has 1 amide bonds. The van der Waals surface area contributed by atoms with E-state index in [4.69, 9.17) is 10.3 Å². The number of aromatic nitrogens is 4. The van der Waals surface area contributed by atoms with Crippen LogP contribution >= 0.6 is 0 Å². The van der Waals surface area contributed by atoms with Gasteiger partial charge in [-0.2, -0.15) is 10.1 Å². The van der Waals surface area contributed by atoms with E-state index in [2.05, 4.69) is 20.6 Å². The lowest BCUT2D eigenvalue weighted by molar-refractivity contribution is 0.0938. The Morgan fingerprint density at radius 1 is 1.50 bits per heavy atom. The molecule has 0 spiro atoms. The number of aryl methyl sites for hydroxylation is 3. The zero-order valence-corrected chi connectivity index (χ0v) is 10.4. The van der Waals surface area contributed by atoms with Gasteiger partial charge < -0.3 is 15.6 Å². The molecule has 0 unspecified atom stereocenters. The van der Waals surface area contributed by atoms with Crippen LogP contribution in [0.3, 0.4) is 0 Å². The van der Waals surface area contributed by atoms with Crippen molar-refractivity contribution < 1.29 is 9.32 Å². The van der Waals surface area contributed by atoms with Crippen molar-refractivity contribution in [1.29, 1.82) is 0 Å². The Morgan fingerprint density at radius 2 is 2.22 bits per heavy atom. The second-order valence-corrected chi connectivity index (χ2v) is 3.89. The van der Waals surface area contributed by atoms with E-state index in [-0.39, 0.29) is 12.5 Å². The van der Waals surface area contributed by atoms with Gasteiger partial charge in [-0.05, 0) is 13.8 Å². The molecule has 2 aromatic rings. The van der Waals surface area contributed by atoms with Crippen LogP contribution in [0.15, 0.2) is 4.52 Å². The predicted octanol–water partition coefficient (Wildman–Crippen LogP) is -0.0679. The number of nitrogen functional groups attached to an aromatic ring is 1. The smallest absolute Gasteiger partial charge is 0.272 e. The highest BCUT2D eigenvalue weighted by molar-refractivity contribution is 5.97. The highest BCUT2D eigenvalue weighted by atomic mass is 16.5. The predicted molar refractivity (Wildman–Crippen MR) is 62.6 cm³/mol. The highest BCUT2D eigenvalue weighted by Crippen LogP contribution is 2.14. The summed E-state index contributed by atoms with van der Waals surface area (Å²) in [6.45, 7) is 3.61. The Hall–Kier alpha value is -2.38. The number of nitrogens with zero attached hydrogens (tertiary/aromatic N) is 4. The summed E-state index contributed by atoms with van der Waals surface area (Å²) in [6.07, 6.45) is 0. The van der Waals surface area contributed by atoms with Crippen LogP contribution in [0.5, 0.6) is 0 Å². The number of carbonyl (C=O) groups excluding carboxylic acids is 1. The minimum absolute atomic E-state index is 0.156. The first kappa shape index (κ1) is 12.1. The minimum Gasteiger partial charge on any atom is -0.395 e. The highest BCUT2D eigenvalue weighted by Gasteiger charge is 2.18. The molecule has 96 valence electrons. The van der Waals surface area contributed by atoms with E-state index in [0.717, 1.165) is 0 Å². The van der Waals surface area contributed by atoms with Crippen LogP contribution in [0.25, 0.3) is 0 Å². The second kappa shape index (κ2) is 4.47. The molecule has 2 rings (SSSR count). The summed E-state index contributed by atoms with van der Waals surface area (Å²) in [4.78, 5) is 15.9. The summed E-state index contributed by atoms with van der Waals surface area (Å²) in [5.41, 5.74) is 7.10. The monoisotopic (exact) mass is 250 g/mol. The topological polar surface area (TPSA) is 112 Å². The fraction of sp³-hybridized carbons (Fsp3) is 0.400. The van der Waals surface area contributed by atoms with Gasteiger partial charge in [-0.3, -0.25) is 9.48 Å². The number of anilines is 1. The molecule has 0 atom stereocenters. The molecule has 0 aliphatic carbocycles. The molecule has 2 heterocycles. The molecule has 8 heteroatoms. The number of rotatable bonds is 3. The van der Waals surface area contributed by atoms with E-state index in [1.165, 1.54) is 4.68 Å². The summed E-state index contributed by atoms with van der Waals surface area (Å²) >= 11 is 0. The van der Waals surface area contributed by atoms with E-state index in [1.54, 1.807) is 20.9 Å². The van der Waals surface area contributed by atoms with Gasteiger partial charge in [-0.15, -0.1) is 0 Å². The Labute approximate surface area is 103 Å². The van der Waals surface area contributed by atoms with Gasteiger partial charge in [0.2, 0.25) is 5.89 Å². The van der Waals surface area contributed by atoms with Gasteiger partial charge in [-0.1, -0.05) is 5.16 Å². The van der Waals surface area contributed by atoms with Crippen molar-refractivity contribution in [3.05, 3.63) is 23.1 Å². The fourth-order valence-corrected chi connectivity index (χ4v) is 1.60. The van der Waals surface area contributed by atoms with E-state index in [9.17, 15) is 4.79 Å². The molecular weight excluding hydrogens is 236 g/mol. The zero-order chi connectivity index (χ0) is 13.3. The van der Waals surface area contributed by atoms with Gasteiger partial charge in [0.1, 0.15) is 5.69 Å². The molecule has 3 N–H and O–H groups in total. The molecule has 18 heavy (non-hydrogen) atoms. The van der Waals surface area contributed by atoms with Crippen molar-refractivity contribution >= 4 is 11.6 Å². The number of hydrogen-bond donors (Lipinski definition) is 2. The Kier molecular flexibility index (Phi) is 3.00. The van der Waals surface area contributed by atoms with Crippen molar-refractivity contribution in [2.75, 3.05) is 5.73 Å². The molecule has 0 aliphatic heterocycles. The normalized spacial score (nSPS) is 10.6. The molecule has 0 aliphatic rings. The van der Waals surface area contributed by atoms with Gasteiger partial charge >= 0.3 is 0 Å². The summed E-state index contributed by atoms with van der Waals surface area (Å²) in [5, 5.41) is 10.3. The van der Waals surface area contributed by atoms with Gasteiger partial charge in [0.05, 0.1) is 17.9 Å². The van der Waals surface area contributed by atoms with Gasteiger partial charge in [-0.25, -0.2) is 0 Å². The van der Waals surface area contributed by atoms with Crippen LogP contribution in [0.4, 0.5) is 5.69 Å². The van der Waals surface area contributed by atoms with Crippen LogP contribution < -0.4 is 11.1 Å². The summed E-state index contributed by atoms with van der Waals surface area (Å²) in [7, 11) is 1.66. The lowest BCUT2D eigenvalue weighted by atomic mass is 10.3. The van der Waals surface area contributed by atoms with Crippen LogP contribution in [0.2, 0.25) is 0 Å². The molecule has 0 radical (unpaired) electrons. The Bertz CT molecular complexity index is 585. The van der Waals surface area contributed by atoms with Crippen LogP contribution in [0, 0.1) is 13.8 Å². The van der Waals surface area contributed by atoms with Crippen LogP contribution in [-0.4, -0.2) is 25.8 Å². The zero-order valence-electron chi connectivity index (χ0n) is 10.4. The lowest BCUT2D eigenvalue weighted by Gasteiger charge is -2.03. The largest absolute Gasteiger partial charge is 0.395 e. The van der Waals surface area contributed by atoms with Gasteiger partial charge in [0.15, 0.2) is 5.82 Å². The van der Waals surface area contributed by atoms with Crippen molar-refractivity contribution in [2.45, 2.75) is 20.4 Å². The third kappa shape index (κ3) is 2.17. The van der Waals surface area contributed by atoms with Crippen molar-refractivity contribution in [1.82, 2.24) is 25.2 Å². The van der Waals surface area contributed by atoms with E-state index < -0.39 is 0 Å². The summed E-state index contributed by atoms with van der Waals surface area (Å²) in [6, 6.07) is 0. The van der Waals surface area contributed by atoms with Crippen LogP contribution in [-0.2, 0) is 13.6 Å². The van der Waals surface area contributed by atoms with Gasteiger partial charge in [0, 0.05) is 7.05 Å². The lowest BCUT2D eigenvalue weighted by Crippen LogP contribution is -2.26. The van der Waals surface area contributed by atoms with Crippen molar-refractivity contribution in [3.8, 4) is 0 Å². The Balaban J connectivity index is 2.08. The minimum atomic E-state index is -0.327. The number of nitrogens with two attached hydrogens (primary N) is 1. The first-order chi connectivity index (χ1) is 8.49. The number of hydrogen-bond acceptors (Lipinski definition) is 6. The van der Waals surface area contributed by atoms with Crippen molar-refractivity contribution in [3.63, 3.8) is 0 Å². The fourth-order valence-electron chi connectivity index (χ4n) is 1.60. The molecule has 0 bridgehead atoms. The molecular formula is C10H14N6O2.